The SMILES string of the molecule is C[CH]=[Zr]([Cl])[Cl].OCCc1c[cH-]c2ccccc12.c1ccc2[cH-]ccc2c1. The molecule has 0 heterocycles. The summed E-state index contributed by atoms with van der Waals surface area (Å²) in [6.07, 6.45) is 0.757. The van der Waals surface area contributed by atoms with Crippen molar-refractivity contribution in [3.05, 3.63) is 84.4 Å². The van der Waals surface area contributed by atoms with Gasteiger partial charge in [-0.2, -0.15) is 23.1 Å². The number of benzene rings is 2. The molecule has 0 spiro atoms. The summed E-state index contributed by atoms with van der Waals surface area (Å²) >= 11 is -1.76. The third-order valence-electron chi connectivity index (χ3n) is 3.92. The van der Waals surface area contributed by atoms with E-state index in [1.54, 1.807) is 0 Å². The summed E-state index contributed by atoms with van der Waals surface area (Å²) in [6.45, 7) is 2.13. The van der Waals surface area contributed by atoms with E-state index in [1.807, 2.05) is 22.8 Å². The van der Waals surface area contributed by atoms with Gasteiger partial charge in [0, 0.05) is 6.61 Å². The first-order chi connectivity index (χ1) is 12.7. The Hall–Kier alpha value is -1.05. The molecule has 0 aliphatic heterocycles. The third-order valence-corrected chi connectivity index (χ3v) is 7.57. The summed E-state index contributed by atoms with van der Waals surface area (Å²) in [4.78, 5) is 0. The van der Waals surface area contributed by atoms with Crippen LogP contribution in [0.4, 0.5) is 0 Å². The third kappa shape index (κ3) is 6.60. The Bertz CT molecular complexity index is 919. The van der Waals surface area contributed by atoms with Crippen molar-refractivity contribution in [1.82, 2.24) is 0 Å². The van der Waals surface area contributed by atoms with Crippen LogP contribution in [0.1, 0.15) is 12.5 Å². The number of halogens is 2. The molecular formula is C22H22Cl2OZr-2. The van der Waals surface area contributed by atoms with Gasteiger partial charge < -0.3 is 5.11 Å². The van der Waals surface area contributed by atoms with Gasteiger partial charge in [0.2, 0.25) is 0 Å². The first-order valence-electron chi connectivity index (χ1n) is 8.47. The average Bonchev–Trinajstić information content (AvgIpc) is 3.30. The zero-order valence-corrected chi connectivity index (χ0v) is 18.7. The van der Waals surface area contributed by atoms with Gasteiger partial charge in [-0.1, -0.05) is 12.1 Å². The molecule has 0 amide bonds. The van der Waals surface area contributed by atoms with Crippen LogP contribution in [-0.4, -0.2) is 15.4 Å². The van der Waals surface area contributed by atoms with Crippen LogP contribution in [-0.2, 0) is 25.3 Å². The van der Waals surface area contributed by atoms with Gasteiger partial charge >= 0.3 is 46.5 Å². The largest absolute Gasteiger partial charge is 0.397 e. The van der Waals surface area contributed by atoms with Crippen molar-refractivity contribution in [1.29, 1.82) is 0 Å². The Balaban J connectivity index is 0.000000154. The van der Waals surface area contributed by atoms with Gasteiger partial charge in [-0.15, -0.1) is 70.8 Å². The Morgan fingerprint density at radius 1 is 0.962 bits per heavy atom. The molecule has 26 heavy (non-hydrogen) atoms. The Labute approximate surface area is 169 Å². The molecule has 0 aliphatic carbocycles. The molecule has 4 aromatic rings. The van der Waals surface area contributed by atoms with Crippen molar-refractivity contribution in [2.45, 2.75) is 13.3 Å². The fourth-order valence-corrected chi connectivity index (χ4v) is 2.62. The van der Waals surface area contributed by atoms with Crippen molar-refractivity contribution < 1.29 is 24.0 Å². The predicted molar refractivity (Wildman–Crippen MR) is 113 cm³/mol. The van der Waals surface area contributed by atoms with Gasteiger partial charge in [-0.25, -0.2) is 0 Å². The standard InChI is InChI=1S/C11H11O.C9H7.C2H4.2ClH.Zr/c12-8-7-10-6-5-9-3-1-2-4-11(9)10;1-2-5-9-7-3-6-8(9)4-1;1-2;;;/h1-6,12H,7-8H2;1-7H;1H,2H3;2*1H;/q2*-1;;;;+2/p-2. The molecule has 4 heteroatoms. The predicted octanol–water partition coefficient (Wildman–Crippen LogP) is 6.39. The van der Waals surface area contributed by atoms with Crippen molar-refractivity contribution in [3.8, 4) is 0 Å². The number of fused-ring (bicyclic) bond motifs is 2. The van der Waals surface area contributed by atoms with Gasteiger partial charge in [0.25, 0.3) is 0 Å². The molecule has 0 fully saturated rings. The number of rotatable bonds is 2. The minimum absolute atomic E-state index is 0.230. The van der Waals surface area contributed by atoms with E-state index in [0.717, 1.165) is 6.42 Å². The molecule has 0 saturated heterocycles. The van der Waals surface area contributed by atoms with E-state index in [4.69, 9.17) is 22.1 Å². The van der Waals surface area contributed by atoms with Gasteiger partial charge in [0.15, 0.2) is 0 Å². The molecule has 4 aromatic carbocycles. The van der Waals surface area contributed by atoms with Crippen LogP contribution < -0.4 is 0 Å². The summed E-state index contributed by atoms with van der Waals surface area (Å²) in [5, 5.41) is 14.0. The first-order valence-corrected chi connectivity index (χ1v) is 16.2. The molecular weight excluding hydrogens is 442 g/mol. The average molecular weight is 465 g/mol. The Morgan fingerprint density at radius 2 is 1.62 bits per heavy atom. The number of aliphatic hydroxyl groups is 1. The van der Waals surface area contributed by atoms with E-state index >= 15 is 0 Å². The van der Waals surface area contributed by atoms with Crippen molar-refractivity contribution in [2.75, 3.05) is 6.61 Å². The quantitative estimate of drug-likeness (QED) is 0.341. The minimum Gasteiger partial charge on any atom is -0.397 e. The Kier molecular flexibility index (Phi) is 9.50. The smallest absolute Gasteiger partial charge is 0.0384 e. The monoisotopic (exact) mass is 462 g/mol. The van der Waals surface area contributed by atoms with Gasteiger partial charge in [-0.05, 0) is 6.42 Å². The van der Waals surface area contributed by atoms with Crippen LogP contribution in [0.2, 0.25) is 0 Å². The van der Waals surface area contributed by atoms with Crippen LogP contribution in [0.15, 0.2) is 78.9 Å². The normalized spacial score (nSPS) is 9.85. The summed E-state index contributed by atoms with van der Waals surface area (Å²) in [6, 6.07) is 27.1. The molecule has 0 atom stereocenters. The number of hydrogen-bond donors (Lipinski definition) is 1. The van der Waals surface area contributed by atoms with E-state index in [9.17, 15) is 0 Å². The number of hydrogen-bond acceptors (Lipinski definition) is 1. The maximum Gasteiger partial charge on any atom is 0.0384 e. The van der Waals surface area contributed by atoms with E-state index < -0.39 is 18.9 Å². The topological polar surface area (TPSA) is 20.2 Å². The molecule has 0 radical (unpaired) electrons. The first kappa shape index (κ1) is 21.3. The zero-order valence-electron chi connectivity index (χ0n) is 14.7. The fraction of sp³-hybridized carbons (Fsp3) is 0.136. The van der Waals surface area contributed by atoms with Crippen LogP contribution >= 0.6 is 17.0 Å². The molecule has 1 nitrogen and oxygen atoms in total. The summed E-state index contributed by atoms with van der Waals surface area (Å²) in [7, 11) is 10.7. The van der Waals surface area contributed by atoms with Crippen LogP contribution in [0.3, 0.4) is 0 Å². The maximum atomic E-state index is 8.80. The van der Waals surface area contributed by atoms with Crippen molar-refractivity contribution >= 4 is 42.3 Å². The second-order valence-corrected chi connectivity index (χ2v) is 14.5. The van der Waals surface area contributed by atoms with E-state index in [0.29, 0.717) is 0 Å². The summed E-state index contributed by atoms with van der Waals surface area (Å²) in [5.41, 5.74) is 1.24. The van der Waals surface area contributed by atoms with E-state index in [1.165, 1.54) is 27.1 Å². The fourth-order valence-electron chi connectivity index (χ4n) is 2.62. The van der Waals surface area contributed by atoms with Crippen LogP contribution in [0.5, 0.6) is 0 Å². The molecule has 136 valence electrons. The molecule has 1 N–H and O–H groups in total. The van der Waals surface area contributed by atoms with E-state index in [-0.39, 0.29) is 6.61 Å². The van der Waals surface area contributed by atoms with Gasteiger partial charge in [-0.3, -0.25) is 0 Å². The molecule has 0 aliphatic rings. The second kappa shape index (κ2) is 11.6. The van der Waals surface area contributed by atoms with Crippen LogP contribution in [0.25, 0.3) is 21.5 Å². The zero-order chi connectivity index (χ0) is 18.8. The van der Waals surface area contributed by atoms with Crippen molar-refractivity contribution in [2.24, 2.45) is 0 Å². The number of aliphatic hydroxyl groups excluding tert-OH is 1. The molecule has 0 aromatic heterocycles. The molecule has 0 saturated carbocycles. The second-order valence-electron chi connectivity index (χ2n) is 5.65. The van der Waals surface area contributed by atoms with E-state index in [2.05, 4.69) is 66.7 Å². The summed E-state index contributed by atoms with van der Waals surface area (Å²) < 4.78 is 1.89. The Morgan fingerprint density at radius 3 is 2.27 bits per heavy atom. The molecule has 0 bridgehead atoms. The van der Waals surface area contributed by atoms with Gasteiger partial charge in [0.05, 0.1) is 0 Å². The van der Waals surface area contributed by atoms with Crippen LogP contribution in [0, 0.1) is 0 Å². The summed E-state index contributed by atoms with van der Waals surface area (Å²) in [5.74, 6) is 0. The molecule has 4 rings (SSSR count). The van der Waals surface area contributed by atoms with Gasteiger partial charge in [0.1, 0.15) is 0 Å². The molecule has 0 unspecified atom stereocenters. The maximum absolute atomic E-state index is 8.80. The minimum atomic E-state index is -1.76. The van der Waals surface area contributed by atoms with Crippen molar-refractivity contribution in [3.63, 3.8) is 0 Å².